The molecule has 1 aromatic rings. The second-order valence-corrected chi connectivity index (χ2v) is 5.60. The van der Waals surface area contributed by atoms with E-state index in [0.717, 1.165) is 4.47 Å². The van der Waals surface area contributed by atoms with Gasteiger partial charge in [0.1, 0.15) is 6.04 Å². The van der Waals surface area contributed by atoms with E-state index in [0.29, 0.717) is 5.56 Å². The molecule has 116 valence electrons. The molecule has 2 unspecified atom stereocenters. The summed E-state index contributed by atoms with van der Waals surface area (Å²) in [5.74, 6) is -1.18. The molecular weight excluding hydrogens is 352 g/mol. The van der Waals surface area contributed by atoms with E-state index in [-0.39, 0.29) is 12.6 Å². The van der Waals surface area contributed by atoms with Crippen LogP contribution in [-0.4, -0.2) is 42.4 Å². The van der Waals surface area contributed by atoms with Crippen LogP contribution in [0.1, 0.15) is 11.7 Å². The predicted octanol–water partition coefficient (Wildman–Crippen LogP) is 1.14. The van der Waals surface area contributed by atoms with Gasteiger partial charge in [-0.15, -0.1) is 0 Å². The molecule has 6 nitrogen and oxygen atoms in total. The van der Waals surface area contributed by atoms with E-state index in [4.69, 9.17) is 15.2 Å². The Bertz CT molecular complexity index is 625. The summed E-state index contributed by atoms with van der Waals surface area (Å²) in [6.45, 7) is -0.0196. The van der Waals surface area contributed by atoms with Crippen molar-refractivity contribution in [3.05, 3.63) is 46.6 Å². The lowest BCUT2D eigenvalue weighted by atomic mass is 10.1. The standard InChI is InChI=1S/C15H16BrN2O4/c1-21-15(20)14(10-2-4-11(16)5-3-10)22-13(19)9-18-7-6-12(17)8-18/h2-8,12,14H,9,17H2,1H3/q+1. The van der Waals surface area contributed by atoms with Gasteiger partial charge in [0.25, 0.3) is 0 Å². The van der Waals surface area contributed by atoms with Gasteiger partial charge in [-0.2, -0.15) is 4.58 Å². The molecule has 0 aliphatic carbocycles. The van der Waals surface area contributed by atoms with E-state index in [2.05, 4.69) is 15.9 Å². The molecule has 2 atom stereocenters. The van der Waals surface area contributed by atoms with Gasteiger partial charge in [-0.05, 0) is 12.1 Å². The molecule has 0 saturated heterocycles. The number of benzene rings is 1. The summed E-state index contributed by atoms with van der Waals surface area (Å²) in [5, 5.41) is 0. The molecule has 7 heteroatoms. The number of hydrogen-bond donors (Lipinski definition) is 1. The van der Waals surface area contributed by atoms with Crippen LogP contribution in [0.2, 0.25) is 0 Å². The van der Waals surface area contributed by atoms with E-state index in [1.54, 1.807) is 47.3 Å². The highest BCUT2D eigenvalue weighted by atomic mass is 79.9. The lowest BCUT2D eigenvalue weighted by molar-refractivity contribution is -0.440. The number of halogens is 1. The van der Waals surface area contributed by atoms with Crippen molar-refractivity contribution in [2.45, 2.75) is 12.1 Å². The second-order valence-electron chi connectivity index (χ2n) is 4.68. The zero-order valence-corrected chi connectivity index (χ0v) is 13.5. The summed E-state index contributed by atoms with van der Waals surface area (Å²) in [4.78, 5) is 23.9. The highest BCUT2D eigenvalue weighted by Crippen LogP contribution is 2.21. The molecule has 1 heterocycles. The van der Waals surface area contributed by atoms with Gasteiger partial charge in [-0.3, -0.25) is 0 Å². The van der Waals surface area contributed by atoms with Gasteiger partial charge in [-0.25, -0.2) is 9.59 Å². The fraction of sp³-hybridized carbons (Fsp3) is 0.267. The van der Waals surface area contributed by atoms with Crippen molar-refractivity contribution in [3.63, 3.8) is 0 Å². The molecule has 0 spiro atoms. The monoisotopic (exact) mass is 367 g/mol. The number of carbonyl (C=O) groups is 2. The SMILES string of the molecule is COC(=O)C(OC(=O)C[N+]1=CC(N)C=C1)c1ccc(Br)cc1. The Morgan fingerprint density at radius 2 is 2.05 bits per heavy atom. The minimum Gasteiger partial charge on any atom is -0.466 e. The van der Waals surface area contributed by atoms with Gasteiger partial charge in [-0.1, -0.05) is 28.1 Å². The lowest BCUT2D eigenvalue weighted by Gasteiger charge is -2.15. The molecule has 1 aromatic carbocycles. The van der Waals surface area contributed by atoms with Crippen LogP contribution in [0, 0.1) is 0 Å². The average molecular weight is 368 g/mol. The summed E-state index contributed by atoms with van der Waals surface area (Å²) in [5.41, 5.74) is 6.21. The highest BCUT2D eigenvalue weighted by molar-refractivity contribution is 9.10. The second kappa shape index (κ2) is 7.33. The molecule has 0 radical (unpaired) electrons. The number of ether oxygens (including phenoxy) is 2. The molecule has 0 aromatic heterocycles. The Hall–Kier alpha value is -1.99. The van der Waals surface area contributed by atoms with E-state index in [1.165, 1.54) is 7.11 Å². The van der Waals surface area contributed by atoms with Gasteiger partial charge in [0.2, 0.25) is 12.6 Å². The van der Waals surface area contributed by atoms with Crippen LogP contribution in [0.3, 0.4) is 0 Å². The smallest absolute Gasteiger partial charge is 0.373 e. The molecule has 2 rings (SSSR count). The Labute approximate surface area is 136 Å². The van der Waals surface area contributed by atoms with Crippen LogP contribution < -0.4 is 5.73 Å². The zero-order valence-electron chi connectivity index (χ0n) is 11.9. The number of hydrogen-bond acceptors (Lipinski definition) is 5. The minimum absolute atomic E-state index is 0.0196. The molecule has 1 aliphatic heterocycles. The van der Waals surface area contributed by atoms with Gasteiger partial charge in [0.15, 0.2) is 12.4 Å². The first kappa shape index (κ1) is 16.4. The first-order valence-electron chi connectivity index (χ1n) is 6.57. The third-order valence-corrected chi connectivity index (χ3v) is 3.54. The lowest BCUT2D eigenvalue weighted by Crippen LogP contribution is -2.27. The molecule has 0 fully saturated rings. The van der Waals surface area contributed by atoms with E-state index >= 15 is 0 Å². The first-order chi connectivity index (χ1) is 10.5. The summed E-state index contributed by atoms with van der Waals surface area (Å²) in [6.07, 6.45) is 4.04. The Morgan fingerprint density at radius 1 is 1.36 bits per heavy atom. The average Bonchev–Trinajstić information content (AvgIpc) is 2.90. The van der Waals surface area contributed by atoms with Crippen molar-refractivity contribution in [3.8, 4) is 0 Å². The third kappa shape index (κ3) is 4.25. The Morgan fingerprint density at radius 3 is 2.59 bits per heavy atom. The first-order valence-corrected chi connectivity index (χ1v) is 7.36. The minimum atomic E-state index is -1.09. The quantitative estimate of drug-likeness (QED) is 0.623. The maximum Gasteiger partial charge on any atom is 0.373 e. The van der Waals surface area contributed by atoms with Gasteiger partial charge >= 0.3 is 11.9 Å². The van der Waals surface area contributed by atoms with Crippen LogP contribution >= 0.6 is 15.9 Å². The van der Waals surface area contributed by atoms with Crippen LogP contribution in [0.25, 0.3) is 0 Å². The molecule has 0 amide bonds. The molecule has 0 bridgehead atoms. The van der Waals surface area contributed by atoms with Crippen LogP contribution in [-0.2, 0) is 19.1 Å². The summed E-state index contributed by atoms with van der Waals surface area (Å²) in [7, 11) is 1.25. The van der Waals surface area contributed by atoms with Crippen molar-refractivity contribution in [1.29, 1.82) is 0 Å². The topological polar surface area (TPSA) is 81.6 Å². The number of carbonyl (C=O) groups excluding carboxylic acids is 2. The number of nitrogens with zero attached hydrogens (tertiary/aromatic N) is 1. The highest BCUT2D eigenvalue weighted by Gasteiger charge is 2.28. The van der Waals surface area contributed by atoms with E-state index in [1.807, 2.05) is 0 Å². The van der Waals surface area contributed by atoms with Crippen molar-refractivity contribution >= 4 is 34.1 Å². The van der Waals surface area contributed by atoms with Crippen LogP contribution in [0.4, 0.5) is 0 Å². The summed E-state index contributed by atoms with van der Waals surface area (Å²) in [6, 6.07) is 6.69. The van der Waals surface area contributed by atoms with E-state index < -0.39 is 18.0 Å². The normalized spacial score (nSPS) is 17.8. The van der Waals surface area contributed by atoms with Crippen molar-refractivity contribution in [2.75, 3.05) is 13.7 Å². The van der Waals surface area contributed by atoms with Crippen LogP contribution in [0.15, 0.2) is 41.0 Å². The maximum absolute atomic E-state index is 12.0. The fourth-order valence-electron chi connectivity index (χ4n) is 1.95. The summed E-state index contributed by atoms with van der Waals surface area (Å²) < 4.78 is 12.4. The Kier molecular flexibility index (Phi) is 5.46. The van der Waals surface area contributed by atoms with E-state index in [9.17, 15) is 9.59 Å². The maximum atomic E-state index is 12.0. The van der Waals surface area contributed by atoms with Gasteiger partial charge in [0, 0.05) is 16.1 Å². The number of methoxy groups -OCH3 is 1. The van der Waals surface area contributed by atoms with Crippen molar-refractivity contribution in [1.82, 2.24) is 0 Å². The van der Waals surface area contributed by atoms with Crippen molar-refractivity contribution in [2.24, 2.45) is 5.73 Å². The number of esters is 2. The summed E-state index contributed by atoms with van der Waals surface area (Å²) >= 11 is 3.31. The molecule has 2 N–H and O–H groups in total. The van der Waals surface area contributed by atoms with Crippen molar-refractivity contribution < 1.29 is 23.6 Å². The predicted molar refractivity (Wildman–Crippen MR) is 83.3 cm³/mol. The fourth-order valence-corrected chi connectivity index (χ4v) is 2.21. The molecular formula is C15H16BrN2O4+. The third-order valence-electron chi connectivity index (χ3n) is 3.01. The zero-order chi connectivity index (χ0) is 16.1. The molecule has 0 saturated carbocycles. The number of nitrogens with two attached hydrogens (primary N) is 1. The molecule has 22 heavy (non-hydrogen) atoms. The van der Waals surface area contributed by atoms with Gasteiger partial charge in [0.05, 0.1) is 7.11 Å². The largest absolute Gasteiger partial charge is 0.466 e. The van der Waals surface area contributed by atoms with Crippen LogP contribution in [0.5, 0.6) is 0 Å². The molecule has 1 aliphatic rings. The van der Waals surface area contributed by atoms with Gasteiger partial charge < -0.3 is 15.2 Å². The Balaban J connectivity index is 2.08. The number of rotatable bonds is 5.